The van der Waals surface area contributed by atoms with Crippen LogP contribution in [0.25, 0.3) is 22.3 Å². The smallest absolute Gasteiger partial charge is 0.282 e. The number of ether oxygens (including phenoxy) is 1. The summed E-state index contributed by atoms with van der Waals surface area (Å²) in [6.07, 6.45) is 1.27. The number of hydrogen-bond donors (Lipinski definition) is 1. The molecular weight excluding hydrogens is 534 g/mol. The molecule has 198 valence electrons. The molecule has 5 aromatic rings. The van der Waals surface area contributed by atoms with Crippen LogP contribution in [-0.4, -0.2) is 33.3 Å². The van der Waals surface area contributed by atoms with Crippen molar-refractivity contribution in [3.8, 4) is 17.1 Å². The van der Waals surface area contributed by atoms with Gasteiger partial charge in [0.2, 0.25) is 0 Å². The second kappa shape index (κ2) is 11.6. The molecule has 0 spiro atoms. The molecule has 1 amide bonds. The fourth-order valence-corrected chi connectivity index (χ4v) is 4.01. The average molecular weight is 554 g/mol. The maximum absolute atomic E-state index is 13.4. The second-order valence-electron chi connectivity index (χ2n) is 8.50. The van der Waals surface area contributed by atoms with E-state index in [0.717, 1.165) is 4.68 Å². The molecule has 1 aromatic heterocycles. The fourth-order valence-electron chi connectivity index (χ4n) is 3.88. The summed E-state index contributed by atoms with van der Waals surface area (Å²) < 4.78 is 6.81. The molecule has 5 rings (SSSR count). The summed E-state index contributed by atoms with van der Waals surface area (Å²) in [7, 11) is 0. The number of anilines is 1. The molecule has 1 N–H and O–H groups in total. The van der Waals surface area contributed by atoms with Crippen LogP contribution in [0.15, 0.2) is 107 Å². The predicted molar refractivity (Wildman–Crippen MR) is 153 cm³/mol. The first-order valence-electron chi connectivity index (χ1n) is 12.0. The van der Waals surface area contributed by atoms with Crippen LogP contribution in [0.5, 0.6) is 5.75 Å². The summed E-state index contributed by atoms with van der Waals surface area (Å²) >= 11 is 5.88. The standard InChI is InChI=1S/C29H20ClN5O5/c30-21-10-12-22(13-11-21)32-27(36)18-40-26-15-14-23(35(38)39)16-20(26)17-31-34-28(19-6-2-1-3-7-19)33-25-9-5-4-8-24(25)29(34)37/h1-17H,18H2,(H,32,36). The van der Waals surface area contributed by atoms with Crippen molar-refractivity contribution >= 4 is 46.0 Å². The van der Waals surface area contributed by atoms with Crippen molar-refractivity contribution in [2.24, 2.45) is 5.10 Å². The van der Waals surface area contributed by atoms with Crippen LogP contribution in [0.1, 0.15) is 5.56 Å². The molecule has 1 heterocycles. The van der Waals surface area contributed by atoms with Gasteiger partial charge in [0.15, 0.2) is 12.4 Å². The van der Waals surface area contributed by atoms with Crippen molar-refractivity contribution in [1.29, 1.82) is 0 Å². The highest BCUT2D eigenvalue weighted by atomic mass is 35.5. The van der Waals surface area contributed by atoms with E-state index in [9.17, 15) is 19.7 Å². The summed E-state index contributed by atoms with van der Waals surface area (Å²) in [4.78, 5) is 41.4. The van der Waals surface area contributed by atoms with E-state index in [1.807, 2.05) is 18.2 Å². The second-order valence-corrected chi connectivity index (χ2v) is 8.94. The molecule has 0 aliphatic carbocycles. The molecule has 0 saturated heterocycles. The average Bonchev–Trinajstić information content (AvgIpc) is 2.97. The van der Waals surface area contributed by atoms with E-state index in [1.165, 1.54) is 24.4 Å². The van der Waals surface area contributed by atoms with Gasteiger partial charge in [-0.15, -0.1) is 0 Å². The van der Waals surface area contributed by atoms with Crippen LogP contribution in [0.4, 0.5) is 11.4 Å². The van der Waals surface area contributed by atoms with Gasteiger partial charge in [0.05, 0.1) is 22.0 Å². The van der Waals surface area contributed by atoms with E-state index >= 15 is 0 Å². The van der Waals surface area contributed by atoms with Gasteiger partial charge in [0.1, 0.15) is 5.75 Å². The highest BCUT2D eigenvalue weighted by Gasteiger charge is 2.15. The number of nitrogens with zero attached hydrogens (tertiary/aromatic N) is 4. The van der Waals surface area contributed by atoms with Crippen LogP contribution in [0.2, 0.25) is 5.02 Å². The number of benzene rings is 4. The molecule has 0 bridgehead atoms. The van der Waals surface area contributed by atoms with Gasteiger partial charge in [-0.05, 0) is 42.5 Å². The van der Waals surface area contributed by atoms with E-state index in [4.69, 9.17) is 16.3 Å². The molecule has 0 unspecified atom stereocenters. The third-order valence-electron chi connectivity index (χ3n) is 5.79. The summed E-state index contributed by atoms with van der Waals surface area (Å²) in [5.74, 6) is -0.00988. The number of halogens is 1. The third-order valence-corrected chi connectivity index (χ3v) is 6.04. The first-order valence-corrected chi connectivity index (χ1v) is 12.3. The lowest BCUT2D eigenvalue weighted by Crippen LogP contribution is -2.21. The van der Waals surface area contributed by atoms with Gasteiger partial charge in [0, 0.05) is 34.0 Å². The largest absolute Gasteiger partial charge is 0.483 e. The topological polar surface area (TPSA) is 129 Å². The minimum Gasteiger partial charge on any atom is -0.483 e. The van der Waals surface area contributed by atoms with Crippen molar-refractivity contribution in [1.82, 2.24) is 9.66 Å². The highest BCUT2D eigenvalue weighted by Crippen LogP contribution is 2.24. The molecular formula is C29H20ClN5O5. The lowest BCUT2D eigenvalue weighted by molar-refractivity contribution is -0.384. The Morgan fingerprint density at radius 1 is 1.02 bits per heavy atom. The summed E-state index contributed by atoms with van der Waals surface area (Å²) in [6.45, 7) is -0.381. The number of nitro benzene ring substituents is 1. The number of rotatable bonds is 8. The Hall–Kier alpha value is -5.35. The number of non-ortho nitro benzene ring substituents is 1. The number of hydrogen-bond acceptors (Lipinski definition) is 7. The predicted octanol–water partition coefficient (Wildman–Crippen LogP) is 5.52. The van der Waals surface area contributed by atoms with E-state index in [1.54, 1.807) is 60.7 Å². The number of para-hydroxylation sites is 1. The van der Waals surface area contributed by atoms with E-state index in [0.29, 0.717) is 27.2 Å². The van der Waals surface area contributed by atoms with Crippen molar-refractivity contribution in [3.05, 3.63) is 128 Å². The Kier molecular flexibility index (Phi) is 7.61. The van der Waals surface area contributed by atoms with E-state index < -0.39 is 16.4 Å². The van der Waals surface area contributed by atoms with E-state index in [2.05, 4.69) is 15.4 Å². The molecule has 0 saturated carbocycles. The van der Waals surface area contributed by atoms with Crippen LogP contribution in [0, 0.1) is 10.1 Å². The van der Waals surface area contributed by atoms with Gasteiger partial charge in [-0.3, -0.25) is 19.7 Å². The molecule has 10 nitrogen and oxygen atoms in total. The van der Waals surface area contributed by atoms with Gasteiger partial charge >= 0.3 is 0 Å². The monoisotopic (exact) mass is 553 g/mol. The molecule has 4 aromatic carbocycles. The first kappa shape index (κ1) is 26.3. The maximum Gasteiger partial charge on any atom is 0.282 e. The molecule has 0 aliphatic heterocycles. The van der Waals surface area contributed by atoms with Gasteiger partial charge in [-0.25, -0.2) is 4.98 Å². The Balaban J connectivity index is 1.50. The Bertz CT molecular complexity index is 1800. The van der Waals surface area contributed by atoms with Crippen LogP contribution in [-0.2, 0) is 4.79 Å². The number of carbonyl (C=O) groups excluding carboxylic acids is 1. The molecule has 0 atom stereocenters. The summed E-state index contributed by atoms with van der Waals surface area (Å²) in [6, 6.07) is 26.4. The third kappa shape index (κ3) is 5.87. The minimum atomic E-state index is -0.562. The molecule has 0 fully saturated rings. The number of amides is 1. The summed E-state index contributed by atoms with van der Waals surface area (Å²) in [5.41, 5.74) is 1.23. The van der Waals surface area contributed by atoms with Crippen molar-refractivity contribution < 1.29 is 14.5 Å². The van der Waals surface area contributed by atoms with Gasteiger partial charge in [-0.1, -0.05) is 54.1 Å². The Morgan fingerprint density at radius 3 is 2.50 bits per heavy atom. The zero-order valence-corrected chi connectivity index (χ0v) is 21.5. The lowest BCUT2D eigenvalue weighted by Gasteiger charge is -2.11. The van der Waals surface area contributed by atoms with E-state index in [-0.39, 0.29) is 29.4 Å². The lowest BCUT2D eigenvalue weighted by atomic mass is 10.2. The Labute approximate surface area is 232 Å². The molecule has 0 aliphatic rings. The zero-order valence-electron chi connectivity index (χ0n) is 20.7. The minimum absolute atomic E-state index is 0.156. The normalized spacial score (nSPS) is 11.0. The van der Waals surface area contributed by atoms with Crippen molar-refractivity contribution in [3.63, 3.8) is 0 Å². The first-order chi connectivity index (χ1) is 19.4. The van der Waals surface area contributed by atoms with Gasteiger partial charge in [-0.2, -0.15) is 9.78 Å². The fraction of sp³-hybridized carbons (Fsp3) is 0.0345. The quantitative estimate of drug-likeness (QED) is 0.153. The maximum atomic E-state index is 13.4. The summed E-state index contributed by atoms with van der Waals surface area (Å²) in [5, 5.41) is 19.4. The molecule has 40 heavy (non-hydrogen) atoms. The molecule has 0 radical (unpaired) electrons. The Morgan fingerprint density at radius 2 is 1.75 bits per heavy atom. The van der Waals surface area contributed by atoms with Gasteiger partial charge in [0.25, 0.3) is 17.2 Å². The van der Waals surface area contributed by atoms with Crippen LogP contribution in [0.3, 0.4) is 0 Å². The van der Waals surface area contributed by atoms with Crippen molar-refractivity contribution in [2.75, 3.05) is 11.9 Å². The number of aromatic nitrogens is 2. The number of carbonyl (C=O) groups is 1. The highest BCUT2D eigenvalue weighted by molar-refractivity contribution is 6.30. The van der Waals surface area contributed by atoms with Gasteiger partial charge < -0.3 is 10.1 Å². The van der Waals surface area contributed by atoms with Crippen LogP contribution >= 0.6 is 11.6 Å². The SMILES string of the molecule is O=C(COc1ccc([N+](=O)[O-])cc1C=Nn1c(-c2ccccc2)nc2ccccc2c1=O)Nc1ccc(Cl)cc1. The number of fused-ring (bicyclic) bond motifs is 1. The zero-order chi connectivity index (χ0) is 28.1. The van der Waals surface area contributed by atoms with Crippen LogP contribution < -0.4 is 15.6 Å². The van der Waals surface area contributed by atoms with Crippen molar-refractivity contribution in [2.45, 2.75) is 0 Å². The molecule has 11 heteroatoms. The number of nitro groups is 1. The number of nitrogens with one attached hydrogen (secondary N) is 1.